The maximum atomic E-state index is 10.4. The number of hydrogen-bond donors (Lipinski definition) is 1. The first-order chi connectivity index (χ1) is 10.2. The van der Waals surface area contributed by atoms with Crippen LogP contribution in [-0.2, 0) is 6.42 Å². The van der Waals surface area contributed by atoms with Crippen molar-refractivity contribution in [2.75, 3.05) is 0 Å². The highest BCUT2D eigenvalue weighted by atomic mass is 16.3. The maximum absolute atomic E-state index is 10.4. The van der Waals surface area contributed by atoms with Gasteiger partial charge in [0.05, 0.1) is 18.0 Å². The molecule has 3 nitrogen and oxygen atoms in total. The molecule has 3 aromatic rings. The predicted molar refractivity (Wildman–Crippen MR) is 83.4 cm³/mol. The summed E-state index contributed by atoms with van der Waals surface area (Å²) in [7, 11) is 0. The van der Waals surface area contributed by atoms with Gasteiger partial charge in [0.25, 0.3) is 0 Å². The van der Waals surface area contributed by atoms with E-state index in [2.05, 4.69) is 36.3 Å². The smallest absolute Gasteiger partial charge is 0.0860 e. The number of nitrogens with zero attached hydrogens (tertiary/aromatic N) is 2. The fourth-order valence-electron chi connectivity index (χ4n) is 2.30. The van der Waals surface area contributed by atoms with Crippen molar-refractivity contribution < 1.29 is 5.11 Å². The van der Waals surface area contributed by atoms with E-state index < -0.39 is 6.10 Å². The quantitative estimate of drug-likeness (QED) is 0.793. The monoisotopic (exact) mass is 278 g/mol. The summed E-state index contributed by atoms with van der Waals surface area (Å²) in [4.78, 5) is 0. The molecule has 0 aliphatic rings. The van der Waals surface area contributed by atoms with E-state index in [1.165, 1.54) is 5.56 Å². The SMILES string of the molecule is Cc1ccc(CC(O)c2cnn(-c3ccccc3)c2)cc1. The first kappa shape index (κ1) is 13.6. The third-order valence-electron chi connectivity index (χ3n) is 3.56. The molecule has 106 valence electrons. The van der Waals surface area contributed by atoms with Gasteiger partial charge in [-0.05, 0) is 24.6 Å². The number of hydrogen-bond acceptors (Lipinski definition) is 2. The Bertz CT molecular complexity index is 702. The van der Waals surface area contributed by atoms with Crippen molar-refractivity contribution in [3.8, 4) is 5.69 Å². The Hall–Kier alpha value is -2.39. The van der Waals surface area contributed by atoms with Crippen molar-refractivity contribution >= 4 is 0 Å². The normalized spacial score (nSPS) is 12.3. The fraction of sp³-hybridized carbons (Fsp3) is 0.167. The van der Waals surface area contributed by atoms with Crippen molar-refractivity contribution in [2.45, 2.75) is 19.4 Å². The zero-order valence-corrected chi connectivity index (χ0v) is 12.0. The van der Waals surface area contributed by atoms with Crippen molar-refractivity contribution in [1.29, 1.82) is 0 Å². The molecule has 0 saturated heterocycles. The molecule has 1 N–H and O–H groups in total. The lowest BCUT2D eigenvalue weighted by molar-refractivity contribution is 0.178. The number of aromatic nitrogens is 2. The molecule has 0 spiro atoms. The van der Waals surface area contributed by atoms with Gasteiger partial charge in [0.2, 0.25) is 0 Å². The van der Waals surface area contributed by atoms with Gasteiger partial charge in [-0.1, -0.05) is 48.0 Å². The molecule has 21 heavy (non-hydrogen) atoms. The Labute approximate surface area is 124 Å². The van der Waals surface area contributed by atoms with Gasteiger partial charge in [-0.3, -0.25) is 0 Å². The first-order valence-corrected chi connectivity index (χ1v) is 7.06. The largest absolute Gasteiger partial charge is 0.388 e. The average Bonchev–Trinajstić information content (AvgIpc) is 3.00. The standard InChI is InChI=1S/C18H18N2O/c1-14-7-9-15(10-8-14)11-18(21)16-12-19-20(13-16)17-5-3-2-4-6-17/h2-10,12-13,18,21H,11H2,1H3. The van der Waals surface area contributed by atoms with E-state index in [1.807, 2.05) is 36.5 Å². The summed E-state index contributed by atoms with van der Waals surface area (Å²) in [5.41, 5.74) is 4.18. The fourth-order valence-corrected chi connectivity index (χ4v) is 2.30. The zero-order valence-electron chi connectivity index (χ0n) is 12.0. The topological polar surface area (TPSA) is 38.1 Å². The molecule has 0 aliphatic heterocycles. The molecule has 1 heterocycles. The van der Waals surface area contributed by atoms with Crippen molar-refractivity contribution in [2.24, 2.45) is 0 Å². The number of aliphatic hydroxyl groups is 1. The van der Waals surface area contributed by atoms with Crippen LogP contribution in [0.4, 0.5) is 0 Å². The van der Waals surface area contributed by atoms with Gasteiger partial charge in [-0.15, -0.1) is 0 Å². The number of rotatable bonds is 4. The van der Waals surface area contributed by atoms with Crippen LogP contribution in [0.25, 0.3) is 5.69 Å². The van der Waals surface area contributed by atoms with Crippen LogP contribution < -0.4 is 0 Å². The summed E-state index contributed by atoms with van der Waals surface area (Å²) >= 11 is 0. The molecule has 0 aliphatic carbocycles. The first-order valence-electron chi connectivity index (χ1n) is 7.06. The Morgan fingerprint density at radius 2 is 1.76 bits per heavy atom. The second-order valence-corrected chi connectivity index (χ2v) is 5.26. The molecular weight excluding hydrogens is 260 g/mol. The highest BCUT2D eigenvalue weighted by molar-refractivity contribution is 5.31. The summed E-state index contributed by atoms with van der Waals surface area (Å²) in [6.07, 6.45) is 3.67. The molecule has 0 radical (unpaired) electrons. The van der Waals surface area contributed by atoms with Gasteiger partial charge >= 0.3 is 0 Å². The molecule has 1 atom stereocenters. The zero-order chi connectivity index (χ0) is 14.7. The Kier molecular flexibility index (Phi) is 3.84. The van der Waals surface area contributed by atoms with Gasteiger partial charge in [0, 0.05) is 18.2 Å². The van der Waals surface area contributed by atoms with Crippen LogP contribution in [-0.4, -0.2) is 14.9 Å². The molecular formula is C18H18N2O. The summed E-state index contributed by atoms with van der Waals surface area (Å²) in [5, 5.41) is 14.7. The molecule has 2 aromatic carbocycles. The third kappa shape index (κ3) is 3.20. The van der Waals surface area contributed by atoms with E-state index in [1.54, 1.807) is 10.9 Å². The highest BCUT2D eigenvalue weighted by Gasteiger charge is 2.11. The number of aryl methyl sites for hydroxylation is 1. The van der Waals surface area contributed by atoms with E-state index >= 15 is 0 Å². The highest BCUT2D eigenvalue weighted by Crippen LogP contribution is 2.19. The van der Waals surface area contributed by atoms with Crippen molar-refractivity contribution in [3.63, 3.8) is 0 Å². The van der Waals surface area contributed by atoms with Gasteiger partial charge in [0.15, 0.2) is 0 Å². The average molecular weight is 278 g/mol. The van der Waals surface area contributed by atoms with Gasteiger partial charge in [0.1, 0.15) is 0 Å². The molecule has 0 bridgehead atoms. The van der Waals surface area contributed by atoms with E-state index in [9.17, 15) is 5.11 Å². The van der Waals surface area contributed by atoms with E-state index in [4.69, 9.17) is 0 Å². The van der Waals surface area contributed by atoms with Gasteiger partial charge in [-0.2, -0.15) is 5.10 Å². The minimum Gasteiger partial charge on any atom is -0.388 e. The maximum Gasteiger partial charge on any atom is 0.0860 e. The molecule has 1 unspecified atom stereocenters. The molecule has 3 rings (SSSR count). The van der Waals surface area contributed by atoms with Crippen LogP contribution in [0.5, 0.6) is 0 Å². The number of aliphatic hydroxyl groups excluding tert-OH is 1. The Balaban J connectivity index is 1.75. The van der Waals surface area contributed by atoms with E-state index in [0.717, 1.165) is 16.8 Å². The van der Waals surface area contributed by atoms with Crippen molar-refractivity contribution in [1.82, 2.24) is 9.78 Å². The van der Waals surface area contributed by atoms with Crippen LogP contribution in [0.2, 0.25) is 0 Å². The molecule has 1 aromatic heterocycles. The third-order valence-corrected chi connectivity index (χ3v) is 3.56. The number of benzene rings is 2. The summed E-state index contributed by atoms with van der Waals surface area (Å²) in [5.74, 6) is 0. The van der Waals surface area contributed by atoms with Crippen LogP contribution in [0, 0.1) is 6.92 Å². The van der Waals surface area contributed by atoms with E-state index in [-0.39, 0.29) is 0 Å². The van der Waals surface area contributed by atoms with Gasteiger partial charge in [-0.25, -0.2) is 4.68 Å². The summed E-state index contributed by atoms with van der Waals surface area (Å²) < 4.78 is 1.79. The minimum absolute atomic E-state index is 0.537. The lowest BCUT2D eigenvalue weighted by Gasteiger charge is -2.08. The van der Waals surface area contributed by atoms with Crippen LogP contribution in [0.15, 0.2) is 67.0 Å². The molecule has 0 saturated carbocycles. The minimum atomic E-state index is -0.537. The van der Waals surface area contributed by atoms with E-state index in [0.29, 0.717) is 6.42 Å². The Morgan fingerprint density at radius 3 is 2.48 bits per heavy atom. The second kappa shape index (κ2) is 5.94. The molecule has 3 heteroatoms. The van der Waals surface area contributed by atoms with Crippen molar-refractivity contribution in [3.05, 3.63) is 83.7 Å². The summed E-state index contributed by atoms with van der Waals surface area (Å²) in [6.45, 7) is 2.06. The molecule has 0 amide bonds. The van der Waals surface area contributed by atoms with Crippen LogP contribution in [0.3, 0.4) is 0 Å². The number of para-hydroxylation sites is 1. The summed E-state index contributed by atoms with van der Waals surface area (Å²) in [6, 6.07) is 18.1. The Morgan fingerprint density at radius 1 is 1.05 bits per heavy atom. The molecule has 0 fully saturated rings. The lowest BCUT2D eigenvalue weighted by Crippen LogP contribution is -2.01. The van der Waals surface area contributed by atoms with Crippen LogP contribution >= 0.6 is 0 Å². The second-order valence-electron chi connectivity index (χ2n) is 5.26. The van der Waals surface area contributed by atoms with Crippen LogP contribution in [0.1, 0.15) is 22.8 Å². The lowest BCUT2D eigenvalue weighted by atomic mass is 10.0. The van der Waals surface area contributed by atoms with Gasteiger partial charge < -0.3 is 5.11 Å². The predicted octanol–water partition coefficient (Wildman–Crippen LogP) is 3.46.